The van der Waals surface area contributed by atoms with Gasteiger partial charge >= 0.3 is 0 Å². The minimum Gasteiger partial charge on any atom is -0.122 e. The van der Waals surface area contributed by atoms with E-state index in [1.165, 1.54) is 24.2 Å². The lowest BCUT2D eigenvalue weighted by atomic mass is 9.84. The van der Waals surface area contributed by atoms with Crippen molar-refractivity contribution in [3.05, 3.63) is 29.8 Å². The van der Waals surface area contributed by atoms with Crippen LogP contribution >= 0.6 is 27.7 Å². The monoisotopic (exact) mass is 298 g/mol. The summed E-state index contributed by atoms with van der Waals surface area (Å²) in [5.74, 6) is 0. The van der Waals surface area contributed by atoms with Crippen molar-refractivity contribution in [3.8, 4) is 0 Å². The van der Waals surface area contributed by atoms with Crippen LogP contribution in [0.3, 0.4) is 0 Å². The van der Waals surface area contributed by atoms with Crippen LogP contribution in [0.15, 0.2) is 29.2 Å². The molecule has 1 heterocycles. The van der Waals surface area contributed by atoms with E-state index >= 15 is 0 Å². The molecule has 0 radical (unpaired) electrons. The van der Waals surface area contributed by atoms with Crippen LogP contribution in [0.5, 0.6) is 0 Å². The standard InChI is InChI=1S/C14H19BrS/c1-3-14(2,10-15)9-12-8-11-6-4-5-7-13(11)16-12/h4-7,12H,3,8-10H2,1-2H3. The SMILES string of the molecule is CCC(C)(CBr)CC1Cc2ccccc2S1. The molecular formula is C14H19BrS. The molecular weight excluding hydrogens is 280 g/mol. The molecule has 1 aromatic carbocycles. The zero-order valence-electron chi connectivity index (χ0n) is 10.0. The molecule has 88 valence electrons. The first-order chi connectivity index (χ1) is 7.67. The molecule has 0 aliphatic carbocycles. The van der Waals surface area contributed by atoms with E-state index in [4.69, 9.17) is 0 Å². The Bertz CT molecular complexity index is 333. The molecule has 1 aromatic rings. The van der Waals surface area contributed by atoms with Gasteiger partial charge in [-0.1, -0.05) is 48.0 Å². The van der Waals surface area contributed by atoms with Crippen molar-refractivity contribution in [1.29, 1.82) is 0 Å². The largest absolute Gasteiger partial charge is 0.122 e. The molecule has 0 N–H and O–H groups in total. The van der Waals surface area contributed by atoms with E-state index in [2.05, 4.69) is 65.8 Å². The average Bonchev–Trinajstić information content (AvgIpc) is 2.70. The number of rotatable bonds is 4. The van der Waals surface area contributed by atoms with Crippen LogP contribution < -0.4 is 0 Å². The molecule has 2 atom stereocenters. The number of fused-ring (bicyclic) bond motifs is 1. The van der Waals surface area contributed by atoms with E-state index in [-0.39, 0.29) is 0 Å². The summed E-state index contributed by atoms with van der Waals surface area (Å²) in [4.78, 5) is 1.50. The van der Waals surface area contributed by atoms with Crippen molar-refractivity contribution in [2.24, 2.45) is 5.41 Å². The highest BCUT2D eigenvalue weighted by Gasteiger charge is 2.29. The van der Waals surface area contributed by atoms with E-state index in [1.807, 2.05) is 0 Å². The van der Waals surface area contributed by atoms with Crippen LogP contribution in [0, 0.1) is 5.41 Å². The van der Waals surface area contributed by atoms with Gasteiger partial charge in [0.15, 0.2) is 0 Å². The van der Waals surface area contributed by atoms with Gasteiger partial charge < -0.3 is 0 Å². The van der Waals surface area contributed by atoms with E-state index in [0.717, 1.165) is 10.6 Å². The zero-order chi connectivity index (χ0) is 11.6. The zero-order valence-corrected chi connectivity index (χ0v) is 12.4. The average molecular weight is 299 g/mol. The van der Waals surface area contributed by atoms with Crippen LogP contribution in [0.1, 0.15) is 32.3 Å². The molecule has 0 aromatic heterocycles. The summed E-state index contributed by atoms with van der Waals surface area (Å²) in [5.41, 5.74) is 2.00. The van der Waals surface area contributed by atoms with Crippen LogP contribution in [0.2, 0.25) is 0 Å². The van der Waals surface area contributed by atoms with Crippen LogP contribution in [0.25, 0.3) is 0 Å². The van der Waals surface area contributed by atoms with Gasteiger partial charge in [-0.2, -0.15) is 0 Å². The third kappa shape index (κ3) is 2.65. The quantitative estimate of drug-likeness (QED) is 0.712. The lowest BCUT2D eigenvalue weighted by Gasteiger charge is -2.28. The van der Waals surface area contributed by atoms with E-state index in [0.29, 0.717) is 5.41 Å². The van der Waals surface area contributed by atoms with Crippen molar-refractivity contribution in [2.45, 2.75) is 43.3 Å². The molecule has 0 fully saturated rings. The van der Waals surface area contributed by atoms with Crippen LogP contribution in [0.4, 0.5) is 0 Å². The Morgan fingerprint density at radius 1 is 1.44 bits per heavy atom. The minimum atomic E-state index is 0.458. The molecule has 0 spiro atoms. The Labute approximate surface area is 111 Å². The summed E-state index contributed by atoms with van der Waals surface area (Å²) in [6, 6.07) is 8.85. The van der Waals surface area contributed by atoms with Crippen LogP contribution in [-0.2, 0) is 6.42 Å². The summed E-state index contributed by atoms with van der Waals surface area (Å²) in [6.45, 7) is 4.69. The van der Waals surface area contributed by atoms with Gasteiger partial charge in [-0.3, -0.25) is 0 Å². The summed E-state index contributed by atoms with van der Waals surface area (Å²) < 4.78 is 0. The van der Waals surface area contributed by atoms with E-state index in [9.17, 15) is 0 Å². The minimum absolute atomic E-state index is 0.458. The molecule has 2 heteroatoms. The van der Waals surface area contributed by atoms with E-state index in [1.54, 1.807) is 5.56 Å². The fraction of sp³-hybridized carbons (Fsp3) is 0.571. The highest BCUT2D eigenvalue weighted by atomic mass is 79.9. The molecule has 0 bridgehead atoms. The van der Waals surface area contributed by atoms with Gasteiger partial charge in [0, 0.05) is 15.5 Å². The lowest BCUT2D eigenvalue weighted by molar-refractivity contribution is 0.330. The Balaban J connectivity index is 2.02. The van der Waals surface area contributed by atoms with Gasteiger partial charge in [-0.25, -0.2) is 0 Å². The first-order valence-corrected chi connectivity index (χ1v) is 7.97. The first-order valence-electron chi connectivity index (χ1n) is 5.97. The predicted molar refractivity (Wildman–Crippen MR) is 76.6 cm³/mol. The maximum absolute atomic E-state index is 3.67. The molecule has 16 heavy (non-hydrogen) atoms. The number of benzene rings is 1. The number of hydrogen-bond acceptors (Lipinski definition) is 1. The molecule has 1 aliphatic heterocycles. The van der Waals surface area contributed by atoms with Crippen LogP contribution in [-0.4, -0.2) is 10.6 Å². The second-order valence-corrected chi connectivity index (χ2v) is 6.96. The highest BCUT2D eigenvalue weighted by molar-refractivity contribution is 9.09. The van der Waals surface area contributed by atoms with Crippen molar-refractivity contribution < 1.29 is 0 Å². The Morgan fingerprint density at radius 3 is 2.81 bits per heavy atom. The van der Waals surface area contributed by atoms with Crippen molar-refractivity contribution in [1.82, 2.24) is 0 Å². The van der Waals surface area contributed by atoms with Gasteiger partial charge in [0.1, 0.15) is 0 Å². The molecule has 0 nitrogen and oxygen atoms in total. The maximum atomic E-state index is 3.67. The summed E-state index contributed by atoms with van der Waals surface area (Å²) in [5, 5.41) is 1.89. The third-order valence-electron chi connectivity index (χ3n) is 3.61. The number of halogens is 1. The predicted octanol–water partition coefficient (Wildman–Crippen LogP) is 4.90. The normalized spacial score (nSPS) is 22.8. The highest BCUT2D eigenvalue weighted by Crippen LogP contribution is 2.43. The fourth-order valence-corrected chi connectivity index (χ4v) is 4.40. The lowest BCUT2D eigenvalue weighted by Crippen LogP contribution is -2.22. The molecule has 0 saturated heterocycles. The number of thioether (sulfide) groups is 1. The van der Waals surface area contributed by atoms with Crippen molar-refractivity contribution in [3.63, 3.8) is 0 Å². The van der Waals surface area contributed by atoms with Gasteiger partial charge in [-0.15, -0.1) is 11.8 Å². The second kappa shape index (κ2) is 5.14. The molecule has 1 aliphatic rings. The summed E-state index contributed by atoms with van der Waals surface area (Å²) in [7, 11) is 0. The second-order valence-electron chi connectivity index (χ2n) is 5.05. The smallest absolute Gasteiger partial charge is 0.0141 e. The maximum Gasteiger partial charge on any atom is 0.0141 e. The summed E-state index contributed by atoms with van der Waals surface area (Å²) in [6.07, 6.45) is 3.82. The van der Waals surface area contributed by atoms with Gasteiger partial charge in [0.2, 0.25) is 0 Å². The topological polar surface area (TPSA) is 0 Å². The third-order valence-corrected chi connectivity index (χ3v) is 6.28. The Kier molecular flexibility index (Phi) is 4.01. The Morgan fingerprint density at radius 2 is 2.19 bits per heavy atom. The first kappa shape index (κ1) is 12.5. The fourth-order valence-electron chi connectivity index (χ4n) is 2.21. The van der Waals surface area contributed by atoms with Gasteiger partial charge in [-0.05, 0) is 36.3 Å². The van der Waals surface area contributed by atoms with Crippen molar-refractivity contribution >= 4 is 27.7 Å². The molecule has 0 saturated carbocycles. The van der Waals surface area contributed by atoms with E-state index < -0.39 is 0 Å². The summed E-state index contributed by atoms with van der Waals surface area (Å²) >= 11 is 5.74. The number of alkyl halides is 1. The number of hydrogen-bond donors (Lipinski definition) is 0. The molecule has 2 rings (SSSR count). The Hall–Kier alpha value is 0.0500. The van der Waals surface area contributed by atoms with Gasteiger partial charge in [0.05, 0.1) is 0 Å². The molecule has 0 amide bonds. The molecule has 2 unspecified atom stereocenters. The van der Waals surface area contributed by atoms with Crippen molar-refractivity contribution in [2.75, 3.05) is 5.33 Å². The van der Waals surface area contributed by atoms with Gasteiger partial charge in [0.25, 0.3) is 0 Å².